The van der Waals surface area contributed by atoms with Gasteiger partial charge in [-0.25, -0.2) is 4.98 Å². The average molecular weight is 332 g/mol. The number of nitrogens with one attached hydrogen (secondary N) is 2. The van der Waals surface area contributed by atoms with Crippen molar-refractivity contribution in [2.75, 3.05) is 10.6 Å². The van der Waals surface area contributed by atoms with Gasteiger partial charge in [0.1, 0.15) is 5.82 Å². The molecule has 1 aromatic heterocycles. The summed E-state index contributed by atoms with van der Waals surface area (Å²) in [6.45, 7) is 7.08. The number of hydrogen-bond acceptors (Lipinski definition) is 4. The lowest BCUT2D eigenvalue weighted by Gasteiger charge is -2.13. The average Bonchev–Trinajstić information content (AvgIpc) is 2.63. The van der Waals surface area contributed by atoms with Crippen LogP contribution in [-0.2, 0) is 13.0 Å². The summed E-state index contributed by atoms with van der Waals surface area (Å²) in [6.07, 6.45) is 2.74. The molecule has 0 bridgehead atoms. The molecule has 128 valence electrons. The van der Waals surface area contributed by atoms with Crippen LogP contribution >= 0.6 is 0 Å². The molecule has 4 heteroatoms. The zero-order chi connectivity index (χ0) is 17.6. The van der Waals surface area contributed by atoms with Gasteiger partial charge in [-0.3, -0.25) is 0 Å². The molecular formula is C21H24N4. The number of hydrogen-bond donors (Lipinski definition) is 2. The number of rotatable bonds is 6. The van der Waals surface area contributed by atoms with Gasteiger partial charge in [-0.15, -0.1) is 0 Å². The lowest BCUT2D eigenvalue weighted by atomic mass is 10.1. The van der Waals surface area contributed by atoms with Crippen LogP contribution in [0.25, 0.3) is 0 Å². The Balaban J connectivity index is 1.72. The molecule has 0 radical (unpaired) electrons. The first-order valence-electron chi connectivity index (χ1n) is 8.63. The van der Waals surface area contributed by atoms with Gasteiger partial charge in [0.05, 0.1) is 0 Å². The summed E-state index contributed by atoms with van der Waals surface area (Å²) < 4.78 is 0. The number of nitrogens with zero attached hydrogens (tertiary/aromatic N) is 2. The number of para-hydroxylation sites is 1. The summed E-state index contributed by atoms with van der Waals surface area (Å²) in [5.74, 6) is 1.42. The maximum absolute atomic E-state index is 4.58. The molecule has 0 unspecified atom stereocenters. The van der Waals surface area contributed by atoms with Crippen molar-refractivity contribution in [3.05, 3.63) is 77.0 Å². The Morgan fingerprint density at radius 2 is 1.76 bits per heavy atom. The first-order chi connectivity index (χ1) is 12.2. The van der Waals surface area contributed by atoms with E-state index in [2.05, 4.69) is 83.8 Å². The van der Waals surface area contributed by atoms with Crippen LogP contribution in [0.2, 0.25) is 0 Å². The lowest BCUT2D eigenvalue weighted by Crippen LogP contribution is -2.05. The van der Waals surface area contributed by atoms with E-state index in [9.17, 15) is 0 Å². The summed E-state index contributed by atoms with van der Waals surface area (Å²) in [5.41, 5.74) is 6.05. The number of anilines is 3. The summed E-state index contributed by atoms with van der Waals surface area (Å²) >= 11 is 0. The molecule has 0 fully saturated rings. The third-order valence-corrected chi connectivity index (χ3v) is 4.23. The van der Waals surface area contributed by atoms with E-state index >= 15 is 0 Å². The van der Waals surface area contributed by atoms with Crippen LogP contribution in [0.5, 0.6) is 0 Å². The van der Waals surface area contributed by atoms with Crippen LogP contribution in [-0.4, -0.2) is 9.97 Å². The van der Waals surface area contributed by atoms with Crippen LogP contribution in [0.3, 0.4) is 0 Å². The van der Waals surface area contributed by atoms with E-state index < -0.39 is 0 Å². The van der Waals surface area contributed by atoms with Gasteiger partial charge < -0.3 is 10.6 Å². The molecule has 3 rings (SSSR count). The third-order valence-electron chi connectivity index (χ3n) is 4.23. The van der Waals surface area contributed by atoms with Gasteiger partial charge in [0, 0.05) is 18.4 Å². The highest BCUT2D eigenvalue weighted by Gasteiger charge is 2.07. The molecule has 0 saturated heterocycles. The quantitative estimate of drug-likeness (QED) is 0.666. The van der Waals surface area contributed by atoms with Gasteiger partial charge >= 0.3 is 0 Å². The van der Waals surface area contributed by atoms with Gasteiger partial charge in [0.25, 0.3) is 0 Å². The highest BCUT2D eigenvalue weighted by Crippen LogP contribution is 2.24. The fourth-order valence-corrected chi connectivity index (χ4v) is 2.73. The van der Waals surface area contributed by atoms with Crippen molar-refractivity contribution in [3.63, 3.8) is 0 Å². The van der Waals surface area contributed by atoms with Crippen molar-refractivity contribution in [2.45, 2.75) is 33.7 Å². The van der Waals surface area contributed by atoms with Crippen molar-refractivity contribution in [1.82, 2.24) is 9.97 Å². The Hall–Kier alpha value is -2.88. The van der Waals surface area contributed by atoms with Gasteiger partial charge in [0.15, 0.2) is 0 Å². The number of benzene rings is 2. The first-order valence-corrected chi connectivity index (χ1v) is 8.63. The summed E-state index contributed by atoms with van der Waals surface area (Å²) in [6, 6.07) is 16.7. The lowest BCUT2D eigenvalue weighted by molar-refractivity contribution is 1.07. The normalized spacial score (nSPS) is 10.5. The number of aryl methyl sites for hydroxylation is 3. The highest BCUT2D eigenvalue weighted by molar-refractivity contribution is 5.63. The van der Waals surface area contributed by atoms with E-state index in [0.717, 1.165) is 24.5 Å². The van der Waals surface area contributed by atoms with Crippen LogP contribution in [0.15, 0.2) is 54.7 Å². The number of aromatic nitrogens is 2. The topological polar surface area (TPSA) is 49.8 Å². The smallest absolute Gasteiger partial charge is 0.229 e. The molecule has 0 aliphatic carbocycles. The minimum Gasteiger partial charge on any atom is -0.366 e. The van der Waals surface area contributed by atoms with E-state index in [-0.39, 0.29) is 0 Å². The largest absolute Gasteiger partial charge is 0.366 e. The molecular weight excluding hydrogens is 308 g/mol. The molecule has 2 N–H and O–H groups in total. The standard InChI is InChI=1S/C21H24N4/c1-4-18-7-5-6-16(3)20(18)25-21-22-13-12-19(24-21)23-14-17-10-8-15(2)9-11-17/h5-13H,4,14H2,1-3H3,(H2,22,23,24,25). The fourth-order valence-electron chi connectivity index (χ4n) is 2.73. The third kappa shape index (κ3) is 4.35. The van der Waals surface area contributed by atoms with Crippen LogP contribution in [0.1, 0.15) is 29.2 Å². The van der Waals surface area contributed by atoms with Crippen LogP contribution in [0.4, 0.5) is 17.5 Å². The Morgan fingerprint density at radius 1 is 0.960 bits per heavy atom. The molecule has 1 heterocycles. The minimum atomic E-state index is 0.609. The van der Waals surface area contributed by atoms with E-state index in [1.807, 2.05) is 6.07 Å². The van der Waals surface area contributed by atoms with E-state index in [4.69, 9.17) is 0 Å². The second-order valence-corrected chi connectivity index (χ2v) is 6.19. The molecule has 4 nitrogen and oxygen atoms in total. The molecule has 0 aliphatic heterocycles. The Bertz CT molecular complexity index is 841. The highest BCUT2D eigenvalue weighted by atomic mass is 15.1. The van der Waals surface area contributed by atoms with Crippen molar-refractivity contribution in [3.8, 4) is 0 Å². The van der Waals surface area contributed by atoms with Gasteiger partial charge in [0.2, 0.25) is 5.95 Å². The van der Waals surface area contributed by atoms with E-state index in [0.29, 0.717) is 5.95 Å². The zero-order valence-corrected chi connectivity index (χ0v) is 15.0. The Labute approximate surface area is 149 Å². The fraction of sp³-hybridized carbons (Fsp3) is 0.238. The zero-order valence-electron chi connectivity index (χ0n) is 15.0. The molecule has 0 atom stereocenters. The molecule has 0 spiro atoms. The maximum atomic E-state index is 4.58. The Kier molecular flexibility index (Phi) is 5.29. The molecule has 0 saturated carbocycles. The van der Waals surface area contributed by atoms with Crippen molar-refractivity contribution in [2.24, 2.45) is 0 Å². The minimum absolute atomic E-state index is 0.609. The second-order valence-electron chi connectivity index (χ2n) is 6.19. The monoisotopic (exact) mass is 332 g/mol. The second kappa shape index (κ2) is 7.79. The van der Waals surface area contributed by atoms with Crippen molar-refractivity contribution < 1.29 is 0 Å². The summed E-state index contributed by atoms with van der Waals surface area (Å²) in [7, 11) is 0. The van der Waals surface area contributed by atoms with Crippen LogP contribution < -0.4 is 10.6 Å². The molecule has 25 heavy (non-hydrogen) atoms. The van der Waals surface area contributed by atoms with E-state index in [1.165, 1.54) is 22.3 Å². The summed E-state index contributed by atoms with van der Waals surface area (Å²) in [4.78, 5) is 8.94. The van der Waals surface area contributed by atoms with Crippen molar-refractivity contribution in [1.29, 1.82) is 0 Å². The predicted octanol–water partition coefficient (Wildman–Crippen LogP) is 5.01. The van der Waals surface area contributed by atoms with Gasteiger partial charge in [-0.05, 0) is 43.0 Å². The van der Waals surface area contributed by atoms with Crippen molar-refractivity contribution >= 4 is 17.5 Å². The predicted molar refractivity (Wildman–Crippen MR) is 104 cm³/mol. The molecule has 2 aromatic carbocycles. The molecule has 0 amide bonds. The summed E-state index contributed by atoms with van der Waals surface area (Å²) in [5, 5.41) is 6.73. The molecule has 0 aliphatic rings. The first kappa shape index (κ1) is 17.0. The van der Waals surface area contributed by atoms with Gasteiger partial charge in [-0.2, -0.15) is 4.98 Å². The van der Waals surface area contributed by atoms with Gasteiger partial charge in [-0.1, -0.05) is 55.0 Å². The van der Waals surface area contributed by atoms with Crippen LogP contribution in [0, 0.1) is 13.8 Å². The van der Waals surface area contributed by atoms with E-state index in [1.54, 1.807) is 6.20 Å². The molecule has 3 aromatic rings. The maximum Gasteiger partial charge on any atom is 0.229 e. The SMILES string of the molecule is CCc1cccc(C)c1Nc1nccc(NCc2ccc(C)cc2)n1. The Morgan fingerprint density at radius 3 is 2.52 bits per heavy atom.